The molecule has 0 aliphatic carbocycles. The molecule has 1 N–H and O–H groups in total. The molecule has 0 spiro atoms. The highest BCUT2D eigenvalue weighted by molar-refractivity contribution is 5.79. The summed E-state index contributed by atoms with van der Waals surface area (Å²) in [6, 6.07) is 15.4. The number of hydrogen-bond donors (Lipinski definition) is 1. The zero-order chi connectivity index (χ0) is 18.4. The van der Waals surface area contributed by atoms with Gasteiger partial charge in [-0.1, -0.05) is 24.3 Å². The molecule has 26 heavy (non-hydrogen) atoms. The standard InChI is InChI=1S/C20H22N4O2/c1-3-26-19-10-4-16(5-11-19)12-20(25)23-15(2)17-6-8-18(9-7-17)24-14-21-13-22-24/h4-11,13-15H,3,12H2,1-2H3,(H,23,25)/t15-/m1/s1. The molecule has 0 aliphatic rings. The Bertz CT molecular complexity index is 827. The third-order valence-electron chi connectivity index (χ3n) is 4.05. The van der Waals surface area contributed by atoms with Crippen LogP contribution in [0.4, 0.5) is 0 Å². The van der Waals surface area contributed by atoms with E-state index in [1.54, 1.807) is 11.0 Å². The molecule has 1 atom stereocenters. The van der Waals surface area contributed by atoms with Crippen molar-refractivity contribution >= 4 is 5.91 Å². The number of nitrogens with zero attached hydrogens (tertiary/aromatic N) is 3. The van der Waals surface area contributed by atoms with Crippen LogP contribution in [0.1, 0.15) is 31.0 Å². The minimum Gasteiger partial charge on any atom is -0.494 e. The number of hydrogen-bond acceptors (Lipinski definition) is 4. The van der Waals surface area contributed by atoms with Crippen molar-refractivity contribution in [2.75, 3.05) is 6.61 Å². The van der Waals surface area contributed by atoms with Gasteiger partial charge >= 0.3 is 0 Å². The summed E-state index contributed by atoms with van der Waals surface area (Å²) in [5.41, 5.74) is 2.92. The minimum atomic E-state index is -0.0741. The second-order valence-electron chi connectivity index (χ2n) is 5.97. The second-order valence-corrected chi connectivity index (χ2v) is 5.97. The summed E-state index contributed by atoms with van der Waals surface area (Å²) in [5, 5.41) is 7.13. The molecule has 1 amide bonds. The molecular weight excluding hydrogens is 328 g/mol. The Kier molecular flexibility index (Phi) is 5.63. The lowest BCUT2D eigenvalue weighted by molar-refractivity contribution is -0.121. The summed E-state index contributed by atoms with van der Waals surface area (Å²) < 4.78 is 7.11. The first-order chi connectivity index (χ1) is 12.7. The molecule has 0 saturated carbocycles. The first-order valence-electron chi connectivity index (χ1n) is 8.61. The molecule has 6 heteroatoms. The average molecular weight is 350 g/mol. The van der Waals surface area contributed by atoms with Crippen molar-refractivity contribution in [3.63, 3.8) is 0 Å². The molecular formula is C20H22N4O2. The number of ether oxygens (including phenoxy) is 1. The van der Waals surface area contributed by atoms with E-state index in [1.807, 2.05) is 62.4 Å². The number of benzene rings is 2. The smallest absolute Gasteiger partial charge is 0.224 e. The van der Waals surface area contributed by atoms with Gasteiger partial charge in [0.2, 0.25) is 5.91 Å². The van der Waals surface area contributed by atoms with E-state index >= 15 is 0 Å². The molecule has 0 bridgehead atoms. The van der Waals surface area contributed by atoms with Crippen molar-refractivity contribution in [3.8, 4) is 11.4 Å². The highest BCUT2D eigenvalue weighted by atomic mass is 16.5. The fourth-order valence-corrected chi connectivity index (χ4v) is 2.69. The summed E-state index contributed by atoms with van der Waals surface area (Å²) in [4.78, 5) is 16.2. The van der Waals surface area contributed by atoms with E-state index in [1.165, 1.54) is 6.33 Å². The van der Waals surface area contributed by atoms with E-state index in [9.17, 15) is 4.79 Å². The maximum Gasteiger partial charge on any atom is 0.224 e. The molecule has 1 heterocycles. The molecule has 3 aromatic rings. The van der Waals surface area contributed by atoms with E-state index in [-0.39, 0.29) is 11.9 Å². The fourth-order valence-electron chi connectivity index (χ4n) is 2.69. The zero-order valence-electron chi connectivity index (χ0n) is 14.9. The predicted molar refractivity (Wildman–Crippen MR) is 99.2 cm³/mol. The Balaban J connectivity index is 1.56. The molecule has 3 rings (SSSR count). The first kappa shape index (κ1) is 17.7. The second kappa shape index (κ2) is 8.29. The first-order valence-corrected chi connectivity index (χ1v) is 8.61. The zero-order valence-corrected chi connectivity index (χ0v) is 14.9. The summed E-state index contributed by atoms with van der Waals surface area (Å²) >= 11 is 0. The lowest BCUT2D eigenvalue weighted by Gasteiger charge is -2.15. The summed E-state index contributed by atoms with van der Waals surface area (Å²) in [5.74, 6) is 0.805. The van der Waals surface area contributed by atoms with Crippen LogP contribution in [0.3, 0.4) is 0 Å². The van der Waals surface area contributed by atoms with Crippen LogP contribution in [-0.2, 0) is 11.2 Å². The van der Waals surface area contributed by atoms with E-state index < -0.39 is 0 Å². The lowest BCUT2D eigenvalue weighted by atomic mass is 10.1. The third kappa shape index (κ3) is 4.47. The fraction of sp³-hybridized carbons (Fsp3) is 0.250. The molecule has 134 valence electrons. The van der Waals surface area contributed by atoms with Gasteiger partial charge in [-0.25, -0.2) is 9.67 Å². The van der Waals surface area contributed by atoms with Crippen LogP contribution in [0, 0.1) is 0 Å². The van der Waals surface area contributed by atoms with Gasteiger partial charge in [-0.3, -0.25) is 4.79 Å². The van der Waals surface area contributed by atoms with Gasteiger partial charge in [0.25, 0.3) is 0 Å². The van der Waals surface area contributed by atoms with E-state index in [0.717, 1.165) is 22.6 Å². The van der Waals surface area contributed by atoms with Gasteiger partial charge in [-0.2, -0.15) is 5.10 Å². The molecule has 2 aromatic carbocycles. The van der Waals surface area contributed by atoms with Crippen LogP contribution >= 0.6 is 0 Å². The van der Waals surface area contributed by atoms with Crippen LogP contribution < -0.4 is 10.1 Å². The van der Waals surface area contributed by atoms with Crippen molar-refractivity contribution in [1.82, 2.24) is 20.1 Å². The van der Waals surface area contributed by atoms with E-state index in [0.29, 0.717) is 13.0 Å². The summed E-state index contributed by atoms with van der Waals surface area (Å²) in [7, 11) is 0. The maximum atomic E-state index is 12.3. The quantitative estimate of drug-likeness (QED) is 0.711. The van der Waals surface area contributed by atoms with Gasteiger partial charge in [-0.05, 0) is 49.2 Å². The molecule has 0 unspecified atom stereocenters. The normalized spacial score (nSPS) is 11.8. The van der Waals surface area contributed by atoms with Crippen LogP contribution in [0.2, 0.25) is 0 Å². The maximum absolute atomic E-state index is 12.3. The highest BCUT2D eigenvalue weighted by Crippen LogP contribution is 2.16. The van der Waals surface area contributed by atoms with Gasteiger partial charge in [-0.15, -0.1) is 0 Å². The Hall–Kier alpha value is -3.15. The molecule has 6 nitrogen and oxygen atoms in total. The van der Waals surface area contributed by atoms with Crippen molar-refractivity contribution < 1.29 is 9.53 Å². The number of nitrogens with one attached hydrogen (secondary N) is 1. The van der Waals surface area contributed by atoms with Gasteiger partial charge in [0.15, 0.2) is 0 Å². The van der Waals surface area contributed by atoms with E-state index in [4.69, 9.17) is 4.74 Å². The van der Waals surface area contributed by atoms with Crippen molar-refractivity contribution in [3.05, 3.63) is 72.3 Å². The van der Waals surface area contributed by atoms with Crippen LogP contribution in [0.5, 0.6) is 5.75 Å². The largest absolute Gasteiger partial charge is 0.494 e. The van der Waals surface area contributed by atoms with Gasteiger partial charge in [0.1, 0.15) is 18.4 Å². The Labute approximate surface area is 152 Å². The number of carbonyl (C=O) groups is 1. The predicted octanol–water partition coefficient (Wildman–Crippen LogP) is 3.09. The highest BCUT2D eigenvalue weighted by Gasteiger charge is 2.11. The monoisotopic (exact) mass is 350 g/mol. The Morgan fingerprint density at radius 3 is 2.50 bits per heavy atom. The topological polar surface area (TPSA) is 69.0 Å². The molecule has 0 radical (unpaired) electrons. The lowest BCUT2D eigenvalue weighted by Crippen LogP contribution is -2.28. The number of carbonyl (C=O) groups excluding carboxylic acids is 1. The summed E-state index contributed by atoms with van der Waals surface area (Å²) in [6.45, 7) is 4.55. The van der Waals surface area contributed by atoms with E-state index in [2.05, 4.69) is 15.4 Å². The van der Waals surface area contributed by atoms with Crippen LogP contribution in [0.25, 0.3) is 5.69 Å². The Morgan fingerprint density at radius 1 is 1.15 bits per heavy atom. The van der Waals surface area contributed by atoms with Crippen molar-refractivity contribution in [1.29, 1.82) is 0 Å². The number of aromatic nitrogens is 3. The molecule has 0 fully saturated rings. The Morgan fingerprint density at radius 2 is 1.88 bits per heavy atom. The third-order valence-corrected chi connectivity index (χ3v) is 4.05. The van der Waals surface area contributed by atoms with Crippen molar-refractivity contribution in [2.45, 2.75) is 26.3 Å². The van der Waals surface area contributed by atoms with Crippen LogP contribution in [-0.4, -0.2) is 27.3 Å². The molecule has 0 aliphatic heterocycles. The van der Waals surface area contributed by atoms with Gasteiger partial charge < -0.3 is 10.1 Å². The minimum absolute atomic E-state index is 0.0120. The molecule has 1 aromatic heterocycles. The summed E-state index contributed by atoms with van der Waals surface area (Å²) in [6.07, 6.45) is 3.49. The number of amides is 1. The average Bonchev–Trinajstić information content (AvgIpc) is 3.18. The van der Waals surface area contributed by atoms with Crippen molar-refractivity contribution in [2.24, 2.45) is 0 Å². The van der Waals surface area contributed by atoms with Crippen LogP contribution in [0.15, 0.2) is 61.2 Å². The molecule has 0 saturated heterocycles. The van der Waals surface area contributed by atoms with Gasteiger partial charge in [0.05, 0.1) is 24.8 Å². The number of rotatable bonds is 7. The SMILES string of the molecule is CCOc1ccc(CC(=O)N[C@H](C)c2ccc(-n3cncn3)cc2)cc1. The van der Waals surface area contributed by atoms with Gasteiger partial charge in [0, 0.05) is 0 Å².